The van der Waals surface area contributed by atoms with Crippen LogP contribution in [0.15, 0.2) is 47.5 Å². The van der Waals surface area contributed by atoms with Gasteiger partial charge in [0.2, 0.25) is 0 Å². The Hall–Kier alpha value is -2.75. The highest BCUT2D eigenvalue weighted by atomic mass is 19.1. The van der Waals surface area contributed by atoms with Gasteiger partial charge in [-0.05, 0) is 68.0 Å². The van der Waals surface area contributed by atoms with Crippen LogP contribution in [0.2, 0.25) is 0 Å². The van der Waals surface area contributed by atoms with Crippen LogP contribution in [-0.2, 0) is 0 Å². The minimum atomic E-state index is -0.521. The highest BCUT2D eigenvalue weighted by Crippen LogP contribution is 2.37. The zero-order valence-electron chi connectivity index (χ0n) is 22.3. The van der Waals surface area contributed by atoms with Crippen LogP contribution in [-0.4, -0.2) is 12.8 Å². The Kier molecular flexibility index (Phi) is 11.9. The number of ether oxygens (including phenoxy) is 1. The fraction of sp³-hybridized carbons (Fsp3) is 0.452. The summed E-state index contributed by atoms with van der Waals surface area (Å²) in [5.41, 5.74) is 4.74. The van der Waals surface area contributed by atoms with Crippen molar-refractivity contribution in [2.45, 2.75) is 86.0 Å². The van der Waals surface area contributed by atoms with Crippen LogP contribution in [0.5, 0.6) is 5.75 Å². The Morgan fingerprint density at radius 1 is 0.771 bits per heavy atom. The molecule has 0 saturated carbocycles. The number of nitrogens with zero attached hydrogens (tertiary/aromatic N) is 1. The minimum Gasteiger partial charge on any atom is -0.497 e. The van der Waals surface area contributed by atoms with Crippen molar-refractivity contribution >= 4 is 22.5 Å². The SMILES string of the molecule is CCC/C=C(\CCC)c1c(F)cc(F)c(/C(=C/CCC)CCC)c1C(C)=Nc1ccc(OC)cc1. The lowest BCUT2D eigenvalue weighted by Crippen LogP contribution is -2.11. The molecule has 0 amide bonds. The Morgan fingerprint density at radius 2 is 1.26 bits per heavy atom. The lowest BCUT2D eigenvalue weighted by atomic mass is 9.85. The molecule has 35 heavy (non-hydrogen) atoms. The summed E-state index contributed by atoms with van der Waals surface area (Å²) in [6.07, 6.45) is 11.1. The van der Waals surface area contributed by atoms with E-state index in [9.17, 15) is 0 Å². The standard InChI is InChI=1S/C31H41F2NO/c1-7-11-15-23(13-9-3)30-27(32)21-28(33)31(24(14-10-4)16-12-8-2)29(30)22(5)34-25-17-19-26(35-6)20-18-25/h15-21H,7-14H2,1-6H3/b23-15+,24-16+,34-22?. The Balaban J connectivity index is 2.90. The van der Waals surface area contributed by atoms with Gasteiger partial charge in [0, 0.05) is 28.5 Å². The average Bonchev–Trinajstić information content (AvgIpc) is 2.85. The number of aliphatic imine (C=N–C) groups is 1. The molecule has 0 radical (unpaired) electrons. The summed E-state index contributed by atoms with van der Waals surface area (Å²) >= 11 is 0. The van der Waals surface area contributed by atoms with E-state index in [1.807, 2.05) is 31.2 Å². The molecule has 0 fully saturated rings. The third kappa shape index (κ3) is 7.62. The van der Waals surface area contributed by atoms with Gasteiger partial charge in [0.05, 0.1) is 12.8 Å². The van der Waals surface area contributed by atoms with Crippen molar-refractivity contribution in [2.75, 3.05) is 7.11 Å². The first-order valence-corrected chi connectivity index (χ1v) is 13.0. The maximum Gasteiger partial charge on any atom is 0.134 e. The minimum absolute atomic E-state index is 0.491. The summed E-state index contributed by atoms with van der Waals surface area (Å²) in [4.78, 5) is 4.83. The van der Waals surface area contributed by atoms with Gasteiger partial charge >= 0.3 is 0 Å². The largest absolute Gasteiger partial charge is 0.497 e. The van der Waals surface area contributed by atoms with E-state index in [-0.39, 0.29) is 0 Å². The van der Waals surface area contributed by atoms with E-state index < -0.39 is 11.6 Å². The van der Waals surface area contributed by atoms with Crippen molar-refractivity contribution in [3.05, 3.63) is 70.8 Å². The second kappa shape index (κ2) is 14.6. The van der Waals surface area contributed by atoms with Crippen LogP contribution >= 0.6 is 0 Å². The first-order valence-electron chi connectivity index (χ1n) is 13.0. The monoisotopic (exact) mass is 481 g/mol. The van der Waals surface area contributed by atoms with Gasteiger partial charge in [-0.15, -0.1) is 0 Å². The normalized spacial score (nSPS) is 12.9. The molecule has 0 saturated heterocycles. The Morgan fingerprint density at radius 3 is 1.66 bits per heavy atom. The van der Waals surface area contributed by atoms with Crippen LogP contribution in [0.1, 0.15) is 103 Å². The highest BCUT2D eigenvalue weighted by Gasteiger charge is 2.24. The van der Waals surface area contributed by atoms with Gasteiger partial charge in [0.25, 0.3) is 0 Å². The van der Waals surface area contributed by atoms with Gasteiger partial charge in [-0.1, -0.05) is 65.5 Å². The predicted octanol–water partition coefficient (Wildman–Crippen LogP) is 10.1. The number of methoxy groups -OCH3 is 1. The maximum absolute atomic E-state index is 15.6. The molecule has 0 heterocycles. The molecule has 4 heteroatoms. The molecule has 0 aliphatic heterocycles. The zero-order valence-corrected chi connectivity index (χ0v) is 22.3. The lowest BCUT2D eigenvalue weighted by Gasteiger charge is -2.21. The summed E-state index contributed by atoms with van der Waals surface area (Å²) in [5.74, 6) is -0.305. The number of hydrogen-bond acceptors (Lipinski definition) is 2. The van der Waals surface area contributed by atoms with E-state index in [2.05, 4.69) is 39.8 Å². The van der Waals surface area contributed by atoms with Crippen LogP contribution in [0.3, 0.4) is 0 Å². The molecule has 2 rings (SSSR count). The van der Waals surface area contributed by atoms with Crippen molar-refractivity contribution in [2.24, 2.45) is 4.99 Å². The van der Waals surface area contributed by atoms with Crippen LogP contribution < -0.4 is 4.74 Å². The predicted molar refractivity (Wildman–Crippen MR) is 147 cm³/mol. The maximum atomic E-state index is 15.6. The Labute approximate surface area is 210 Å². The van der Waals surface area contributed by atoms with Crippen molar-refractivity contribution in [3.8, 4) is 5.75 Å². The fourth-order valence-corrected chi connectivity index (χ4v) is 4.35. The molecule has 0 aliphatic carbocycles. The van der Waals surface area contributed by atoms with Crippen molar-refractivity contribution in [1.82, 2.24) is 0 Å². The molecule has 0 atom stereocenters. The summed E-state index contributed by atoms with van der Waals surface area (Å²) in [6, 6.07) is 8.47. The first-order chi connectivity index (χ1) is 16.9. The van der Waals surface area contributed by atoms with Crippen LogP contribution in [0, 0.1) is 11.6 Å². The third-order valence-electron chi connectivity index (χ3n) is 6.00. The molecular formula is C31H41F2NO. The van der Waals surface area contributed by atoms with Crippen LogP contribution in [0.25, 0.3) is 11.1 Å². The number of unbranched alkanes of at least 4 members (excludes halogenated alkanes) is 2. The quantitative estimate of drug-likeness (QED) is 0.261. The molecule has 0 spiro atoms. The summed E-state index contributed by atoms with van der Waals surface area (Å²) < 4.78 is 36.5. The fourth-order valence-electron chi connectivity index (χ4n) is 4.35. The summed E-state index contributed by atoms with van der Waals surface area (Å²) in [6.45, 7) is 10.2. The number of benzene rings is 2. The molecule has 2 aromatic carbocycles. The topological polar surface area (TPSA) is 21.6 Å². The van der Waals surface area contributed by atoms with E-state index in [4.69, 9.17) is 9.73 Å². The smallest absolute Gasteiger partial charge is 0.134 e. The highest BCUT2D eigenvalue weighted by molar-refractivity contribution is 6.08. The molecule has 2 aromatic rings. The van der Waals surface area contributed by atoms with Crippen molar-refractivity contribution in [3.63, 3.8) is 0 Å². The number of rotatable bonds is 13. The van der Waals surface area contributed by atoms with Gasteiger partial charge in [-0.25, -0.2) is 8.78 Å². The van der Waals surface area contributed by atoms with Gasteiger partial charge in [0.15, 0.2) is 0 Å². The van der Waals surface area contributed by atoms with E-state index >= 15 is 8.78 Å². The molecule has 0 aromatic heterocycles. The number of halogens is 2. The molecular weight excluding hydrogens is 440 g/mol. The van der Waals surface area contributed by atoms with E-state index in [0.29, 0.717) is 28.1 Å². The molecule has 190 valence electrons. The van der Waals surface area contributed by atoms with E-state index in [1.54, 1.807) is 7.11 Å². The van der Waals surface area contributed by atoms with Crippen molar-refractivity contribution in [1.29, 1.82) is 0 Å². The van der Waals surface area contributed by atoms with Gasteiger partial charge in [-0.2, -0.15) is 0 Å². The van der Waals surface area contributed by atoms with E-state index in [0.717, 1.165) is 74.3 Å². The van der Waals surface area contributed by atoms with Gasteiger partial charge in [-0.3, -0.25) is 4.99 Å². The number of allylic oxidation sites excluding steroid dienone is 4. The van der Waals surface area contributed by atoms with E-state index in [1.165, 1.54) is 0 Å². The molecule has 0 aliphatic rings. The Bertz CT molecular complexity index is 998. The van der Waals surface area contributed by atoms with Gasteiger partial charge < -0.3 is 4.74 Å². The number of hydrogen-bond donors (Lipinski definition) is 0. The molecule has 2 nitrogen and oxygen atoms in total. The zero-order chi connectivity index (χ0) is 25.8. The third-order valence-corrected chi connectivity index (χ3v) is 6.00. The van der Waals surface area contributed by atoms with Crippen LogP contribution in [0.4, 0.5) is 14.5 Å². The second-order valence-corrected chi connectivity index (χ2v) is 8.90. The average molecular weight is 482 g/mol. The second-order valence-electron chi connectivity index (χ2n) is 8.90. The first kappa shape index (κ1) is 28.5. The van der Waals surface area contributed by atoms with Gasteiger partial charge in [0.1, 0.15) is 17.4 Å². The molecule has 0 N–H and O–H groups in total. The molecule has 0 bridgehead atoms. The molecule has 0 unspecified atom stereocenters. The summed E-state index contributed by atoms with van der Waals surface area (Å²) in [5, 5.41) is 0. The van der Waals surface area contributed by atoms with Crippen molar-refractivity contribution < 1.29 is 13.5 Å². The summed E-state index contributed by atoms with van der Waals surface area (Å²) in [7, 11) is 1.62. The lowest BCUT2D eigenvalue weighted by molar-refractivity contribution is 0.415.